The second-order valence-corrected chi connectivity index (χ2v) is 7.98. The Hall–Kier alpha value is -3.93. The molecule has 1 saturated carbocycles. The van der Waals surface area contributed by atoms with Gasteiger partial charge in [0.25, 0.3) is 0 Å². The van der Waals surface area contributed by atoms with E-state index in [2.05, 4.69) is 31.8 Å². The van der Waals surface area contributed by atoms with Crippen LogP contribution in [0.3, 0.4) is 0 Å². The predicted molar refractivity (Wildman–Crippen MR) is 121 cm³/mol. The van der Waals surface area contributed by atoms with Gasteiger partial charge in [0.1, 0.15) is 0 Å². The Labute approximate surface area is 186 Å². The normalized spacial score (nSPS) is 14.6. The number of anilines is 3. The SMILES string of the molecule is Cc1c(NC(=O)O)cccc1Nc1nccc(-c2cnn(C(CC#N)C3CCCC3)c2)n1. The summed E-state index contributed by atoms with van der Waals surface area (Å²) in [6.07, 6.45) is 9.42. The van der Waals surface area contributed by atoms with Crippen LogP contribution in [0.15, 0.2) is 42.9 Å². The molecular weight excluding hydrogens is 406 g/mol. The van der Waals surface area contributed by atoms with E-state index in [4.69, 9.17) is 5.11 Å². The fraction of sp³-hybridized carbons (Fsp3) is 0.348. The van der Waals surface area contributed by atoms with Crippen molar-refractivity contribution in [1.82, 2.24) is 19.7 Å². The third kappa shape index (κ3) is 4.70. The number of carboxylic acid groups (broad SMARTS) is 1. The molecule has 2 aromatic heterocycles. The zero-order valence-electron chi connectivity index (χ0n) is 17.8. The van der Waals surface area contributed by atoms with Gasteiger partial charge >= 0.3 is 6.09 Å². The molecule has 32 heavy (non-hydrogen) atoms. The van der Waals surface area contributed by atoms with Crippen LogP contribution in [0, 0.1) is 24.2 Å². The number of aromatic nitrogens is 4. The average molecular weight is 432 g/mol. The van der Waals surface area contributed by atoms with Crippen LogP contribution in [-0.2, 0) is 0 Å². The van der Waals surface area contributed by atoms with Crippen LogP contribution in [0.4, 0.5) is 22.1 Å². The van der Waals surface area contributed by atoms with Crippen LogP contribution < -0.4 is 10.6 Å². The molecule has 1 aliphatic carbocycles. The molecule has 0 spiro atoms. The molecular formula is C23H25N7O2. The monoisotopic (exact) mass is 431 g/mol. The molecule has 2 heterocycles. The molecule has 3 N–H and O–H groups in total. The van der Waals surface area contributed by atoms with Crippen molar-refractivity contribution in [3.63, 3.8) is 0 Å². The number of hydrogen-bond acceptors (Lipinski definition) is 6. The van der Waals surface area contributed by atoms with Gasteiger partial charge in [0.05, 0.1) is 30.4 Å². The maximum atomic E-state index is 11.0. The number of rotatable bonds is 7. The van der Waals surface area contributed by atoms with Crippen LogP contribution in [0.2, 0.25) is 0 Å². The van der Waals surface area contributed by atoms with Crippen molar-refractivity contribution in [2.75, 3.05) is 10.6 Å². The quantitative estimate of drug-likeness (QED) is 0.473. The van der Waals surface area contributed by atoms with Crippen molar-refractivity contribution in [2.45, 2.75) is 45.1 Å². The topological polar surface area (TPSA) is 129 Å². The fourth-order valence-corrected chi connectivity index (χ4v) is 4.29. The lowest BCUT2D eigenvalue weighted by Crippen LogP contribution is -2.17. The van der Waals surface area contributed by atoms with E-state index in [1.165, 1.54) is 12.8 Å². The Balaban J connectivity index is 1.55. The Kier molecular flexibility index (Phi) is 6.31. The van der Waals surface area contributed by atoms with Gasteiger partial charge in [-0.05, 0) is 49.4 Å². The number of nitrogens with one attached hydrogen (secondary N) is 2. The van der Waals surface area contributed by atoms with E-state index in [0.29, 0.717) is 35.4 Å². The maximum Gasteiger partial charge on any atom is 0.409 e. The highest BCUT2D eigenvalue weighted by Crippen LogP contribution is 2.36. The van der Waals surface area contributed by atoms with Gasteiger partial charge < -0.3 is 10.4 Å². The smallest absolute Gasteiger partial charge is 0.409 e. The molecule has 0 radical (unpaired) electrons. The first-order valence-electron chi connectivity index (χ1n) is 10.7. The van der Waals surface area contributed by atoms with E-state index >= 15 is 0 Å². The summed E-state index contributed by atoms with van der Waals surface area (Å²) < 4.78 is 1.91. The van der Waals surface area contributed by atoms with E-state index in [-0.39, 0.29) is 6.04 Å². The lowest BCUT2D eigenvalue weighted by atomic mass is 9.96. The third-order valence-electron chi connectivity index (χ3n) is 5.96. The first-order valence-corrected chi connectivity index (χ1v) is 10.7. The lowest BCUT2D eigenvalue weighted by molar-refractivity contribution is 0.209. The molecule has 0 aliphatic heterocycles. The minimum Gasteiger partial charge on any atom is -0.465 e. The van der Waals surface area contributed by atoms with Gasteiger partial charge in [-0.3, -0.25) is 10.00 Å². The highest BCUT2D eigenvalue weighted by Gasteiger charge is 2.27. The molecule has 1 atom stereocenters. The molecule has 0 bridgehead atoms. The minimum atomic E-state index is -1.12. The Bertz CT molecular complexity index is 1150. The summed E-state index contributed by atoms with van der Waals surface area (Å²) in [6, 6.07) is 9.51. The number of hydrogen-bond donors (Lipinski definition) is 3. The van der Waals surface area contributed by atoms with Crippen molar-refractivity contribution >= 4 is 23.4 Å². The van der Waals surface area contributed by atoms with E-state index in [1.54, 1.807) is 24.5 Å². The number of nitriles is 1. The summed E-state index contributed by atoms with van der Waals surface area (Å²) in [6.45, 7) is 1.82. The standard InChI is InChI=1S/C23H25N7O2/c1-15-18(7-4-8-19(15)29-23(31)32)27-22-25-12-10-20(28-22)17-13-26-30(14-17)21(9-11-24)16-5-2-3-6-16/h4,7-8,10,12-14,16,21,29H,2-3,5-6,9H2,1H3,(H,31,32)(H,25,27,28). The first-order chi connectivity index (χ1) is 15.5. The van der Waals surface area contributed by atoms with Crippen molar-refractivity contribution in [2.24, 2.45) is 5.92 Å². The van der Waals surface area contributed by atoms with Crippen LogP contribution in [0.1, 0.15) is 43.7 Å². The largest absolute Gasteiger partial charge is 0.465 e. The van der Waals surface area contributed by atoms with E-state index < -0.39 is 6.09 Å². The molecule has 9 nitrogen and oxygen atoms in total. The molecule has 3 aromatic rings. The fourth-order valence-electron chi connectivity index (χ4n) is 4.29. The lowest BCUT2D eigenvalue weighted by Gasteiger charge is -2.21. The van der Waals surface area contributed by atoms with Crippen LogP contribution in [0.25, 0.3) is 11.3 Å². The van der Waals surface area contributed by atoms with Gasteiger partial charge in [0.2, 0.25) is 5.95 Å². The molecule has 1 aliphatic rings. The molecule has 164 valence electrons. The Morgan fingerprint density at radius 1 is 1.31 bits per heavy atom. The molecule has 0 saturated heterocycles. The Morgan fingerprint density at radius 3 is 2.84 bits per heavy atom. The van der Waals surface area contributed by atoms with E-state index in [9.17, 15) is 10.1 Å². The highest BCUT2D eigenvalue weighted by molar-refractivity contribution is 5.86. The third-order valence-corrected chi connectivity index (χ3v) is 5.96. The molecule has 1 aromatic carbocycles. The van der Waals surface area contributed by atoms with E-state index in [0.717, 1.165) is 24.0 Å². The van der Waals surface area contributed by atoms with Crippen molar-refractivity contribution < 1.29 is 9.90 Å². The molecule has 1 fully saturated rings. The second kappa shape index (κ2) is 9.47. The van der Waals surface area contributed by atoms with Gasteiger partial charge in [-0.25, -0.2) is 14.8 Å². The summed E-state index contributed by atoms with van der Waals surface area (Å²) in [5, 5.41) is 28.4. The van der Waals surface area contributed by atoms with E-state index in [1.807, 2.05) is 29.9 Å². The zero-order valence-corrected chi connectivity index (χ0v) is 17.8. The average Bonchev–Trinajstić information content (AvgIpc) is 3.47. The summed E-state index contributed by atoms with van der Waals surface area (Å²) in [7, 11) is 0. The molecule has 1 unspecified atom stereocenters. The first kappa shape index (κ1) is 21.3. The molecule has 1 amide bonds. The highest BCUT2D eigenvalue weighted by atomic mass is 16.4. The van der Waals surface area contributed by atoms with Gasteiger partial charge in [-0.2, -0.15) is 10.4 Å². The van der Waals surface area contributed by atoms with Crippen molar-refractivity contribution in [3.05, 3.63) is 48.4 Å². The number of benzene rings is 1. The molecule has 9 heteroatoms. The number of amides is 1. The van der Waals surface area contributed by atoms with Crippen LogP contribution in [0.5, 0.6) is 0 Å². The van der Waals surface area contributed by atoms with Gasteiger partial charge in [-0.15, -0.1) is 0 Å². The van der Waals surface area contributed by atoms with Gasteiger partial charge in [-0.1, -0.05) is 18.9 Å². The summed E-state index contributed by atoms with van der Waals surface area (Å²) in [5.41, 5.74) is 3.52. The minimum absolute atomic E-state index is 0.0859. The number of nitrogens with zero attached hydrogens (tertiary/aromatic N) is 5. The van der Waals surface area contributed by atoms with Crippen LogP contribution >= 0.6 is 0 Å². The number of carbonyl (C=O) groups is 1. The maximum absolute atomic E-state index is 11.0. The van der Waals surface area contributed by atoms with Gasteiger partial charge in [0, 0.05) is 29.3 Å². The second-order valence-electron chi connectivity index (χ2n) is 7.98. The van der Waals surface area contributed by atoms with Crippen LogP contribution in [-0.4, -0.2) is 30.9 Å². The predicted octanol–water partition coefficient (Wildman–Crippen LogP) is 5.13. The molecule has 4 rings (SSSR count). The zero-order chi connectivity index (χ0) is 22.5. The summed E-state index contributed by atoms with van der Waals surface area (Å²) in [5.74, 6) is 0.884. The van der Waals surface area contributed by atoms with Crippen molar-refractivity contribution in [3.8, 4) is 17.3 Å². The van der Waals surface area contributed by atoms with Gasteiger partial charge in [0.15, 0.2) is 0 Å². The summed E-state index contributed by atoms with van der Waals surface area (Å²) in [4.78, 5) is 19.9. The Morgan fingerprint density at radius 2 is 2.09 bits per heavy atom. The van der Waals surface area contributed by atoms with Crippen molar-refractivity contribution in [1.29, 1.82) is 5.26 Å². The summed E-state index contributed by atoms with van der Waals surface area (Å²) >= 11 is 0.